The van der Waals surface area contributed by atoms with Crippen LogP contribution >= 0.6 is 15.9 Å². The standard InChI is InChI=1S/C14H21BrN2O2/c1-2-16-8-11-3-4-12(7-14(11)15)17-5-6-19-13(9-17)10-18/h3-4,7,13,16,18H,2,5-6,8-10H2,1H3. The quantitative estimate of drug-likeness (QED) is 0.864. The minimum absolute atomic E-state index is 0.0750. The molecule has 1 aromatic carbocycles. The Morgan fingerprint density at radius 2 is 2.37 bits per heavy atom. The number of morpholine rings is 1. The molecular weight excluding hydrogens is 308 g/mol. The fourth-order valence-electron chi connectivity index (χ4n) is 2.20. The molecule has 1 atom stereocenters. The summed E-state index contributed by atoms with van der Waals surface area (Å²) in [6, 6.07) is 6.43. The van der Waals surface area contributed by atoms with Gasteiger partial charge in [-0.2, -0.15) is 0 Å². The van der Waals surface area contributed by atoms with Crippen molar-refractivity contribution in [2.45, 2.75) is 19.6 Å². The Balaban J connectivity index is 2.06. The zero-order valence-electron chi connectivity index (χ0n) is 11.2. The molecule has 0 radical (unpaired) electrons. The van der Waals surface area contributed by atoms with Crippen molar-refractivity contribution in [2.24, 2.45) is 0 Å². The van der Waals surface area contributed by atoms with Gasteiger partial charge in [-0.1, -0.05) is 28.9 Å². The molecule has 5 heteroatoms. The van der Waals surface area contributed by atoms with Crippen LogP contribution in [0.3, 0.4) is 0 Å². The second kappa shape index (κ2) is 7.24. The molecule has 1 saturated heterocycles. The predicted molar refractivity (Wildman–Crippen MR) is 80.6 cm³/mol. The van der Waals surface area contributed by atoms with Crippen LogP contribution < -0.4 is 10.2 Å². The average Bonchev–Trinajstić information content (AvgIpc) is 2.46. The molecule has 0 spiro atoms. The average molecular weight is 329 g/mol. The molecule has 1 aliphatic heterocycles. The van der Waals surface area contributed by atoms with Gasteiger partial charge in [0.05, 0.1) is 19.3 Å². The highest BCUT2D eigenvalue weighted by Crippen LogP contribution is 2.25. The maximum atomic E-state index is 9.18. The van der Waals surface area contributed by atoms with Gasteiger partial charge in [0.15, 0.2) is 0 Å². The van der Waals surface area contributed by atoms with E-state index in [1.807, 2.05) is 0 Å². The summed E-state index contributed by atoms with van der Waals surface area (Å²) in [6.07, 6.45) is -0.0750. The van der Waals surface area contributed by atoms with Gasteiger partial charge in [0.25, 0.3) is 0 Å². The zero-order valence-corrected chi connectivity index (χ0v) is 12.8. The molecule has 1 heterocycles. The molecule has 0 aromatic heterocycles. The smallest absolute Gasteiger partial charge is 0.0980 e. The number of anilines is 1. The van der Waals surface area contributed by atoms with Gasteiger partial charge in [-0.25, -0.2) is 0 Å². The lowest BCUT2D eigenvalue weighted by molar-refractivity contribution is 0.00356. The van der Waals surface area contributed by atoms with Crippen molar-refractivity contribution in [3.8, 4) is 0 Å². The van der Waals surface area contributed by atoms with Crippen LogP contribution in [0.15, 0.2) is 22.7 Å². The third-order valence-corrected chi connectivity index (χ3v) is 4.05. The highest BCUT2D eigenvalue weighted by atomic mass is 79.9. The van der Waals surface area contributed by atoms with E-state index >= 15 is 0 Å². The van der Waals surface area contributed by atoms with Gasteiger partial charge >= 0.3 is 0 Å². The Morgan fingerprint density at radius 3 is 3.05 bits per heavy atom. The molecule has 0 bridgehead atoms. The number of benzene rings is 1. The van der Waals surface area contributed by atoms with Crippen molar-refractivity contribution in [1.29, 1.82) is 0 Å². The number of aliphatic hydroxyl groups is 1. The highest BCUT2D eigenvalue weighted by molar-refractivity contribution is 9.10. The van der Waals surface area contributed by atoms with Crippen molar-refractivity contribution in [1.82, 2.24) is 5.32 Å². The summed E-state index contributed by atoms with van der Waals surface area (Å²) in [7, 11) is 0. The number of halogens is 1. The number of hydrogen-bond acceptors (Lipinski definition) is 4. The Bertz CT molecular complexity index is 414. The monoisotopic (exact) mass is 328 g/mol. The number of aliphatic hydroxyl groups excluding tert-OH is 1. The van der Waals surface area contributed by atoms with Crippen LogP contribution in [0.1, 0.15) is 12.5 Å². The summed E-state index contributed by atoms with van der Waals surface area (Å²) in [5.74, 6) is 0. The van der Waals surface area contributed by atoms with Gasteiger partial charge in [-0.15, -0.1) is 0 Å². The maximum Gasteiger partial charge on any atom is 0.0980 e. The second-order valence-electron chi connectivity index (χ2n) is 4.68. The van der Waals surface area contributed by atoms with Gasteiger partial charge in [-0.05, 0) is 24.2 Å². The topological polar surface area (TPSA) is 44.7 Å². The van der Waals surface area contributed by atoms with Crippen LogP contribution in [-0.4, -0.2) is 44.1 Å². The number of ether oxygens (including phenoxy) is 1. The molecule has 0 amide bonds. The SMILES string of the molecule is CCNCc1ccc(N2CCOC(CO)C2)cc1Br. The minimum Gasteiger partial charge on any atom is -0.394 e. The fourth-order valence-corrected chi connectivity index (χ4v) is 2.71. The van der Waals surface area contributed by atoms with Crippen LogP contribution in [0.4, 0.5) is 5.69 Å². The van der Waals surface area contributed by atoms with Crippen LogP contribution in [0.5, 0.6) is 0 Å². The lowest BCUT2D eigenvalue weighted by Crippen LogP contribution is -2.44. The van der Waals surface area contributed by atoms with Crippen LogP contribution in [0.25, 0.3) is 0 Å². The molecule has 0 saturated carbocycles. The predicted octanol–water partition coefficient (Wildman–Crippen LogP) is 1.76. The van der Waals surface area contributed by atoms with Gasteiger partial charge in [0.1, 0.15) is 0 Å². The molecule has 1 aliphatic rings. The largest absolute Gasteiger partial charge is 0.394 e. The van der Waals surface area contributed by atoms with E-state index in [1.54, 1.807) is 0 Å². The van der Waals surface area contributed by atoms with E-state index in [0.29, 0.717) is 6.61 Å². The molecule has 106 valence electrons. The van der Waals surface area contributed by atoms with Gasteiger partial charge in [0.2, 0.25) is 0 Å². The first-order chi connectivity index (χ1) is 9.24. The lowest BCUT2D eigenvalue weighted by atomic mass is 10.1. The first kappa shape index (κ1) is 14.8. The number of rotatable bonds is 5. The molecule has 1 unspecified atom stereocenters. The first-order valence-electron chi connectivity index (χ1n) is 6.71. The third kappa shape index (κ3) is 3.92. The number of nitrogens with one attached hydrogen (secondary N) is 1. The Kier molecular flexibility index (Phi) is 5.63. The Labute approximate surface area is 122 Å². The van der Waals surface area contributed by atoms with Crippen LogP contribution in [0, 0.1) is 0 Å². The van der Waals surface area contributed by atoms with Crippen molar-refractivity contribution in [3.63, 3.8) is 0 Å². The van der Waals surface area contributed by atoms with Gasteiger partial charge in [0, 0.05) is 29.8 Å². The Morgan fingerprint density at radius 1 is 1.53 bits per heavy atom. The molecule has 2 rings (SSSR count). The van der Waals surface area contributed by atoms with Crippen molar-refractivity contribution >= 4 is 21.6 Å². The molecule has 19 heavy (non-hydrogen) atoms. The van der Waals surface area contributed by atoms with Gasteiger partial charge < -0.3 is 20.1 Å². The van der Waals surface area contributed by atoms with E-state index in [1.165, 1.54) is 11.3 Å². The zero-order chi connectivity index (χ0) is 13.7. The normalized spacial score (nSPS) is 19.7. The van der Waals surface area contributed by atoms with E-state index in [-0.39, 0.29) is 12.7 Å². The first-order valence-corrected chi connectivity index (χ1v) is 7.50. The lowest BCUT2D eigenvalue weighted by Gasteiger charge is -2.34. The summed E-state index contributed by atoms with van der Waals surface area (Å²) < 4.78 is 6.60. The number of hydrogen-bond donors (Lipinski definition) is 2. The maximum absolute atomic E-state index is 9.18. The van der Waals surface area contributed by atoms with Crippen LogP contribution in [-0.2, 0) is 11.3 Å². The van der Waals surface area contributed by atoms with Crippen LogP contribution in [0.2, 0.25) is 0 Å². The van der Waals surface area contributed by atoms with E-state index in [4.69, 9.17) is 4.74 Å². The molecule has 0 aliphatic carbocycles. The summed E-state index contributed by atoms with van der Waals surface area (Å²) in [6.45, 7) is 6.31. The van der Waals surface area contributed by atoms with E-state index in [9.17, 15) is 5.11 Å². The fraction of sp³-hybridized carbons (Fsp3) is 0.571. The van der Waals surface area contributed by atoms with E-state index in [0.717, 1.165) is 30.7 Å². The summed E-state index contributed by atoms with van der Waals surface area (Å²) in [5.41, 5.74) is 2.44. The van der Waals surface area contributed by atoms with Crippen molar-refractivity contribution in [2.75, 3.05) is 37.7 Å². The summed E-state index contributed by atoms with van der Waals surface area (Å²) in [4.78, 5) is 2.26. The number of nitrogens with zero attached hydrogens (tertiary/aromatic N) is 1. The third-order valence-electron chi connectivity index (χ3n) is 3.31. The van der Waals surface area contributed by atoms with E-state index < -0.39 is 0 Å². The highest BCUT2D eigenvalue weighted by Gasteiger charge is 2.20. The molecule has 1 aromatic rings. The summed E-state index contributed by atoms with van der Waals surface area (Å²) >= 11 is 3.63. The molecule has 2 N–H and O–H groups in total. The van der Waals surface area contributed by atoms with E-state index in [2.05, 4.69) is 51.3 Å². The molecular formula is C14H21BrN2O2. The minimum atomic E-state index is -0.0750. The van der Waals surface area contributed by atoms with Crippen molar-refractivity contribution < 1.29 is 9.84 Å². The van der Waals surface area contributed by atoms with Crippen molar-refractivity contribution in [3.05, 3.63) is 28.2 Å². The van der Waals surface area contributed by atoms with Gasteiger partial charge in [-0.3, -0.25) is 0 Å². The second-order valence-corrected chi connectivity index (χ2v) is 5.53. The Hall–Kier alpha value is -0.620. The molecule has 4 nitrogen and oxygen atoms in total. The molecule has 1 fully saturated rings. The summed E-state index contributed by atoms with van der Waals surface area (Å²) in [5, 5.41) is 12.5.